The van der Waals surface area contributed by atoms with Gasteiger partial charge in [-0.3, -0.25) is 14.5 Å². The van der Waals surface area contributed by atoms with Crippen LogP contribution in [-0.4, -0.2) is 49.4 Å². The molecule has 1 aliphatic heterocycles. The number of nitrogens with one attached hydrogen (secondary N) is 2. The molecule has 0 saturated carbocycles. The number of piperidine rings is 1. The highest BCUT2D eigenvalue weighted by atomic mass is 19.1. The van der Waals surface area contributed by atoms with E-state index in [2.05, 4.69) is 15.5 Å². The summed E-state index contributed by atoms with van der Waals surface area (Å²) in [6.45, 7) is 7.28. The molecule has 1 aliphatic rings. The second-order valence-corrected chi connectivity index (χ2v) is 6.80. The summed E-state index contributed by atoms with van der Waals surface area (Å²) < 4.78 is 13.4. The lowest BCUT2D eigenvalue weighted by Crippen LogP contribution is -2.43. The molecule has 0 aliphatic carbocycles. The van der Waals surface area contributed by atoms with Gasteiger partial charge in [0.15, 0.2) is 0 Å². The largest absolute Gasteiger partial charge is 0.355 e. The molecule has 5 nitrogen and oxygen atoms in total. The summed E-state index contributed by atoms with van der Waals surface area (Å²) in [7, 11) is 0. The van der Waals surface area contributed by atoms with Gasteiger partial charge in [0.1, 0.15) is 5.82 Å². The summed E-state index contributed by atoms with van der Waals surface area (Å²) in [6, 6.07) is 4.36. The molecule has 25 heavy (non-hydrogen) atoms. The van der Waals surface area contributed by atoms with Crippen LogP contribution in [0.2, 0.25) is 0 Å². The highest BCUT2D eigenvalue weighted by Crippen LogP contribution is 2.16. The number of halogens is 1. The first-order valence-corrected chi connectivity index (χ1v) is 9.02. The Kier molecular flexibility index (Phi) is 7.37. The van der Waals surface area contributed by atoms with E-state index in [1.54, 1.807) is 13.0 Å². The van der Waals surface area contributed by atoms with Gasteiger partial charge in [0.25, 0.3) is 5.91 Å². The fraction of sp³-hybridized carbons (Fsp3) is 0.579. The molecule has 1 aromatic carbocycles. The molecule has 0 unspecified atom stereocenters. The van der Waals surface area contributed by atoms with Gasteiger partial charge in [-0.2, -0.15) is 0 Å². The van der Waals surface area contributed by atoms with Gasteiger partial charge in [0.2, 0.25) is 5.91 Å². The summed E-state index contributed by atoms with van der Waals surface area (Å²) in [6.07, 6.45) is 2.84. The van der Waals surface area contributed by atoms with Crippen molar-refractivity contribution in [3.63, 3.8) is 0 Å². The molecule has 0 radical (unpaired) electrons. The van der Waals surface area contributed by atoms with E-state index >= 15 is 0 Å². The molecule has 0 atom stereocenters. The molecule has 0 bridgehead atoms. The summed E-state index contributed by atoms with van der Waals surface area (Å²) in [5, 5.41) is 5.79. The maximum Gasteiger partial charge on any atom is 0.251 e. The predicted octanol–water partition coefficient (Wildman–Crippen LogP) is 2.10. The molecule has 1 heterocycles. The maximum atomic E-state index is 13.4. The van der Waals surface area contributed by atoms with Gasteiger partial charge in [-0.05, 0) is 69.0 Å². The van der Waals surface area contributed by atoms with Crippen molar-refractivity contribution in [2.45, 2.75) is 33.1 Å². The van der Waals surface area contributed by atoms with E-state index in [1.807, 2.05) is 6.92 Å². The second kappa shape index (κ2) is 9.51. The SMILES string of the molecule is CCCNC(=O)CN1CCC(CNC(=O)c2cc(C)cc(F)c2)CC1. The molecular weight excluding hydrogens is 321 g/mol. The zero-order valence-electron chi connectivity index (χ0n) is 15.1. The molecule has 2 N–H and O–H groups in total. The zero-order valence-corrected chi connectivity index (χ0v) is 15.1. The number of hydrogen-bond acceptors (Lipinski definition) is 3. The average Bonchev–Trinajstić information content (AvgIpc) is 2.58. The Morgan fingerprint density at radius 1 is 1.20 bits per heavy atom. The Balaban J connectivity index is 1.71. The number of benzene rings is 1. The number of nitrogens with zero attached hydrogens (tertiary/aromatic N) is 1. The summed E-state index contributed by atoms with van der Waals surface area (Å²) in [5.74, 6) is -0.146. The Bertz CT molecular complexity index is 578. The van der Waals surface area contributed by atoms with E-state index in [-0.39, 0.29) is 17.6 Å². The molecule has 1 aromatic rings. The zero-order chi connectivity index (χ0) is 18.2. The van der Waals surface area contributed by atoms with Gasteiger partial charge in [-0.15, -0.1) is 0 Å². The smallest absolute Gasteiger partial charge is 0.251 e. The highest BCUT2D eigenvalue weighted by Gasteiger charge is 2.21. The van der Waals surface area contributed by atoms with Gasteiger partial charge < -0.3 is 10.6 Å². The Hall–Kier alpha value is -1.95. The van der Waals surface area contributed by atoms with Crippen molar-refractivity contribution in [2.24, 2.45) is 5.92 Å². The monoisotopic (exact) mass is 349 g/mol. The number of carbonyl (C=O) groups excluding carboxylic acids is 2. The third-order valence-electron chi connectivity index (χ3n) is 4.50. The molecule has 0 spiro atoms. The first-order chi connectivity index (χ1) is 12.0. The van der Waals surface area contributed by atoms with Crippen LogP contribution in [0.5, 0.6) is 0 Å². The quantitative estimate of drug-likeness (QED) is 0.792. The van der Waals surface area contributed by atoms with Gasteiger partial charge in [0, 0.05) is 18.7 Å². The summed E-state index contributed by atoms with van der Waals surface area (Å²) >= 11 is 0. The topological polar surface area (TPSA) is 61.4 Å². The number of hydrogen-bond donors (Lipinski definition) is 2. The maximum absolute atomic E-state index is 13.4. The van der Waals surface area contributed by atoms with Crippen molar-refractivity contribution in [1.29, 1.82) is 0 Å². The predicted molar refractivity (Wildman–Crippen MR) is 95.9 cm³/mol. The van der Waals surface area contributed by atoms with Crippen molar-refractivity contribution in [3.05, 3.63) is 35.1 Å². The molecule has 1 fully saturated rings. The standard InChI is InChI=1S/C19H28FN3O2/c1-3-6-21-18(24)13-23-7-4-15(5-8-23)12-22-19(25)16-9-14(2)10-17(20)11-16/h9-11,15H,3-8,12-13H2,1-2H3,(H,21,24)(H,22,25). The van der Waals surface area contributed by atoms with Crippen molar-refractivity contribution < 1.29 is 14.0 Å². The van der Waals surface area contributed by atoms with Crippen LogP contribution in [0.3, 0.4) is 0 Å². The highest BCUT2D eigenvalue weighted by molar-refractivity contribution is 5.94. The average molecular weight is 349 g/mol. The van der Waals surface area contributed by atoms with Crippen molar-refractivity contribution in [2.75, 3.05) is 32.7 Å². The van der Waals surface area contributed by atoms with Crippen LogP contribution in [0.4, 0.5) is 4.39 Å². The first-order valence-electron chi connectivity index (χ1n) is 9.02. The normalized spacial score (nSPS) is 15.8. The van der Waals surface area contributed by atoms with Gasteiger partial charge in [0.05, 0.1) is 6.54 Å². The Morgan fingerprint density at radius 3 is 2.56 bits per heavy atom. The molecule has 0 aromatic heterocycles. The molecule has 138 valence electrons. The second-order valence-electron chi connectivity index (χ2n) is 6.80. The molecule has 2 amide bonds. The van der Waals surface area contributed by atoms with E-state index in [4.69, 9.17) is 0 Å². The van der Waals surface area contributed by atoms with Crippen molar-refractivity contribution in [1.82, 2.24) is 15.5 Å². The van der Waals surface area contributed by atoms with Crippen molar-refractivity contribution in [3.8, 4) is 0 Å². The summed E-state index contributed by atoms with van der Waals surface area (Å²) in [5.41, 5.74) is 1.10. The van der Waals surface area contributed by atoms with Crippen LogP contribution in [-0.2, 0) is 4.79 Å². The number of amides is 2. The van der Waals surface area contributed by atoms with Crippen LogP contribution >= 0.6 is 0 Å². The van der Waals surface area contributed by atoms with Crippen LogP contribution in [0.25, 0.3) is 0 Å². The van der Waals surface area contributed by atoms with Gasteiger partial charge in [-0.1, -0.05) is 6.92 Å². The minimum Gasteiger partial charge on any atom is -0.355 e. The Morgan fingerprint density at radius 2 is 1.92 bits per heavy atom. The fourth-order valence-electron chi connectivity index (χ4n) is 3.08. The third kappa shape index (κ3) is 6.46. The molecular formula is C19H28FN3O2. The van der Waals surface area contributed by atoms with Crippen LogP contribution in [0, 0.1) is 18.7 Å². The van der Waals surface area contributed by atoms with Crippen LogP contribution < -0.4 is 10.6 Å². The minimum atomic E-state index is -0.389. The first kappa shape index (κ1) is 19.4. The molecule has 1 saturated heterocycles. The van der Waals surface area contributed by atoms with E-state index in [1.165, 1.54) is 12.1 Å². The van der Waals surface area contributed by atoms with Crippen molar-refractivity contribution >= 4 is 11.8 Å². The lowest BCUT2D eigenvalue weighted by Gasteiger charge is -2.31. The third-order valence-corrected chi connectivity index (χ3v) is 4.50. The number of aryl methyl sites for hydroxylation is 1. The lowest BCUT2D eigenvalue weighted by molar-refractivity contribution is -0.122. The van der Waals surface area contributed by atoms with Gasteiger partial charge >= 0.3 is 0 Å². The van der Waals surface area contributed by atoms with Crippen LogP contribution in [0.15, 0.2) is 18.2 Å². The number of carbonyl (C=O) groups is 2. The fourth-order valence-corrected chi connectivity index (χ4v) is 3.08. The lowest BCUT2D eigenvalue weighted by atomic mass is 9.96. The van der Waals surface area contributed by atoms with Gasteiger partial charge in [-0.25, -0.2) is 4.39 Å². The van der Waals surface area contributed by atoms with Crippen LogP contribution in [0.1, 0.15) is 42.1 Å². The molecule has 2 rings (SSSR count). The van der Waals surface area contributed by atoms with E-state index in [9.17, 15) is 14.0 Å². The van der Waals surface area contributed by atoms with E-state index < -0.39 is 0 Å². The number of likely N-dealkylation sites (tertiary alicyclic amines) is 1. The van der Waals surface area contributed by atoms with E-state index in [0.717, 1.165) is 44.5 Å². The summed E-state index contributed by atoms with van der Waals surface area (Å²) in [4.78, 5) is 26.1. The Labute approximate surface area is 149 Å². The number of rotatable bonds is 7. The van der Waals surface area contributed by atoms with E-state index in [0.29, 0.717) is 24.6 Å². The minimum absolute atomic E-state index is 0.0788. The molecule has 6 heteroatoms.